The third-order valence-electron chi connectivity index (χ3n) is 6.11. The van der Waals surface area contributed by atoms with E-state index in [4.69, 9.17) is 0 Å². The first kappa shape index (κ1) is 19.0. The van der Waals surface area contributed by atoms with E-state index in [0.29, 0.717) is 0 Å². The van der Waals surface area contributed by atoms with E-state index in [-0.39, 0.29) is 5.41 Å². The lowest BCUT2D eigenvalue weighted by atomic mass is 9.70. The molecule has 1 aromatic heterocycles. The maximum Gasteiger partial charge on any atom is 0.0776 e. The van der Waals surface area contributed by atoms with Crippen molar-refractivity contribution in [3.63, 3.8) is 0 Å². The molecular formula is C25H27BrS. The predicted octanol–water partition coefficient (Wildman–Crippen LogP) is 8.82. The molecule has 0 fully saturated rings. The summed E-state index contributed by atoms with van der Waals surface area (Å²) in [6.07, 6.45) is 7.57. The minimum absolute atomic E-state index is 0.177. The molecule has 2 aromatic carbocycles. The van der Waals surface area contributed by atoms with E-state index in [0.717, 1.165) is 0 Å². The first-order valence-electron chi connectivity index (χ1n) is 10.2. The van der Waals surface area contributed by atoms with Gasteiger partial charge in [0.25, 0.3) is 0 Å². The molecule has 1 aliphatic rings. The van der Waals surface area contributed by atoms with Crippen LogP contribution in [-0.2, 0) is 5.41 Å². The SMILES string of the molecule is CCCCC1(CCCC)c2ccccc2-c2ccc(-c3ccsc3Br)cc21. The molecular weight excluding hydrogens is 412 g/mol. The Hall–Kier alpha value is -1.38. The Morgan fingerprint density at radius 1 is 0.815 bits per heavy atom. The van der Waals surface area contributed by atoms with Crippen LogP contribution in [0.1, 0.15) is 63.5 Å². The van der Waals surface area contributed by atoms with Crippen LogP contribution < -0.4 is 0 Å². The van der Waals surface area contributed by atoms with Gasteiger partial charge in [-0.3, -0.25) is 0 Å². The summed E-state index contributed by atoms with van der Waals surface area (Å²) in [7, 11) is 0. The summed E-state index contributed by atoms with van der Waals surface area (Å²) >= 11 is 5.51. The smallest absolute Gasteiger partial charge is 0.0776 e. The van der Waals surface area contributed by atoms with Crippen LogP contribution >= 0.6 is 27.3 Å². The molecule has 0 atom stereocenters. The third-order valence-corrected chi connectivity index (χ3v) is 7.80. The van der Waals surface area contributed by atoms with Gasteiger partial charge in [0, 0.05) is 11.0 Å². The molecule has 0 nitrogen and oxygen atoms in total. The summed E-state index contributed by atoms with van der Waals surface area (Å²) in [6, 6.07) is 18.5. The van der Waals surface area contributed by atoms with E-state index in [2.05, 4.69) is 83.7 Å². The molecule has 1 aliphatic carbocycles. The molecule has 0 aliphatic heterocycles. The number of fused-ring (bicyclic) bond motifs is 3. The molecule has 0 saturated carbocycles. The molecule has 0 N–H and O–H groups in total. The van der Waals surface area contributed by atoms with Crippen molar-refractivity contribution in [1.29, 1.82) is 0 Å². The van der Waals surface area contributed by atoms with Crippen LogP contribution in [0.2, 0.25) is 0 Å². The fourth-order valence-electron chi connectivity index (χ4n) is 4.74. The highest BCUT2D eigenvalue weighted by Gasteiger charge is 2.42. The van der Waals surface area contributed by atoms with Gasteiger partial charge >= 0.3 is 0 Å². The normalized spacial score (nSPS) is 14.2. The lowest BCUT2D eigenvalue weighted by Gasteiger charge is -2.33. The van der Waals surface area contributed by atoms with Crippen molar-refractivity contribution in [1.82, 2.24) is 0 Å². The molecule has 0 saturated heterocycles. The van der Waals surface area contributed by atoms with Gasteiger partial charge in [-0.05, 0) is 74.1 Å². The standard InChI is InChI=1S/C25H27BrS/c1-3-5-14-25(15-6-4-2)22-10-8-7-9-20(22)21-12-11-18(17-23(21)25)19-13-16-27-24(19)26/h7-13,16-17H,3-6,14-15H2,1-2H3. The highest BCUT2D eigenvalue weighted by Crippen LogP contribution is 2.55. The summed E-state index contributed by atoms with van der Waals surface area (Å²) in [6.45, 7) is 4.63. The van der Waals surface area contributed by atoms with Gasteiger partial charge in [-0.25, -0.2) is 0 Å². The van der Waals surface area contributed by atoms with Gasteiger partial charge in [0.15, 0.2) is 0 Å². The molecule has 1 heterocycles. The first-order valence-corrected chi connectivity index (χ1v) is 11.9. The van der Waals surface area contributed by atoms with Crippen LogP contribution in [0.15, 0.2) is 57.7 Å². The zero-order chi connectivity index (χ0) is 18.9. The van der Waals surface area contributed by atoms with Crippen molar-refractivity contribution >= 4 is 27.3 Å². The second-order valence-corrected chi connectivity index (χ2v) is 9.94. The molecule has 0 radical (unpaired) electrons. The van der Waals surface area contributed by atoms with Crippen molar-refractivity contribution in [3.8, 4) is 22.3 Å². The minimum Gasteiger partial charge on any atom is -0.136 e. The summed E-state index contributed by atoms with van der Waals surface area (Å²) in [5, 5.41) is 2.17. The largest absolute Gasteiger partial charge is 0.136 e. The van der Waals surface area contributed by atoms with Gasteiger partial charge in [-0.15, -0.1) is 11.3 Å². The van der Waals surface area contributed by atoms with E-state index in [9.17, 15) is 0 Å². The summed E-state index contributed by atoms with van der Waals surface area (Å²) in [4.78, 5) is 0. The second kappa shape index (κ2) is 7.93. The quantitative estimate of drug-likeness (QED) is 0.345. The maximum absolute atomic E-state index is 3.74. The number of benzene rings is 2. The molecule has 0 bridgehead atoms. The van der Waals surface area contributed by atoms with Crippen molar-refractivity contribution < 1.29 is 0 Å². The van der Waals surface area contributed by atoms with Crippen LogP contribution in [0.3, 0.4) is 0 Å². The van der Waals surface area contributed by atoms with Crippen molar-refractivity contribution in [3.05, 3.63) is 68.8 Å². The Morgan fingerprint density at radius 3 is 2.19 bits per heavy atom. The van der Waals surface area contributed by atoms with E-state index < -0.39 is 0 Å². The number of rotatable bonds is 7. The van der Waals surface area contributed by atoms with Gasteiger partial charge < -0.3 is 0 Å². The van der Waals surface area contributed by atoms with E-state index in [1.807, 2.05) is 0 Å². The van der Waals surface area contributed by atoms with Gasteiger partial charge in [0.2, 0.25) is 0 Å². The van der Waals surface area contributed by atoms with Crippen LogP contribution in [0, 0.1) is 0 Å². The van der Waals surface area contributed by atoms with E-state index in [1.165, 1.54) is 64.6 Å². The number of thiophene rings is 1. The monoisotopic (exact) mass is 438 g/mol. The number of unbranched alkanes of at least 4 members (excludes halogenated alkanes) is 2. The molecule has 0 unspecified atom stereocenters. The molecule has 0 spiro atoms. The van der Waals surface area contributed by atoms with Gasteiger partial charge in [0.05, 0.1) is 3.79 Å². The molecule has 4 rings (SSSR count). The van der Waals surface area contributed by atoms with Crippen LogP contribution in [-0.4, -0.2) is 0 Å². The molecule has 0 amide bonds. The average molecular weight is 439 g/mol. The summed E-state index contributed by atoms with van der Waals surface area (Å²) in [5.41, 5.74) is 8.86. The van der Waals surface area contributed by atoms with Crippen LogP contribution in [0.25, 0.3) is 22.3 Å². The first-order chi connectivity index (χ1) is 13.2. The third kappa shape index (κ3) is 3.21. The Balaban J connectivity index is 1.92. The highest BCUT2D eigenvalue weighted by atomic mass is 79.9. The Bertz CT molecular complexity index is 929. The predicted molar refractivity (Wildman–Crippen MR) is 123 cm³/mol. The number of halogens is 1. The van der Waals surface area contributed by atoms with Crippen LogP contribution in [0.5, 0.6) is 0 Å². The molecule has 3 aromatic rings. The second-order valence-electron chi connectivity index (χ2n) is 7.70. The number of hydrogen-bond acceptors (Lipinski definition) is 1. The molecule has 27 heavy (non-hydrogen) atoms. The molecule has 140 valence electrons. The van der Waals surface area contributed by atoms with E-state index >= 15 is 0 Å². The topological polar surface area (TPSA) is 0 Å². The lowest BCUT2D eigenvalue weighted by Crippen LogP contribution is -2.25. The summed E-state index contributed by atoms with van der Waals surface area (Å²) in [5.74, 6) is 0. The van der Waals surface area contributed by atoms with Crippen molar-refractivity contribution in [2.24, 2.45) is 0 Å². The van der Waals surface area contributed by atoms with Crippen molar-refractivity contribution in [2.45, 2.75) is 57.8 Å². The maximum atomic E-state index is 3.74. The van der Waals surface area contributed by atoms with E-state index in [1.54, 1.807) is 22.5 Å². The number of hydrogen-bond donors (Lipinski definition) is 0. The van der Waals surface area contributed by atoms with Gasteiger partial charge in [0.1, 0.15) is 0 Å². The highest BCUT2D eigenvalue weighted by molar-refractivity contribution is 9.11. The Kier molecular flexibility index (Phi) is 5.57. The van der Waals surface area contributed by atoms with Gasteiger partial charge in [-0.2, -0.15) is 0 Å². The fraction of sp³-hybridized carbons (Fsp3) is 0.360. The minimum atomic E-state index is 0.177. The van der Waals surface area contributed by atoms with Crippen LogP contribution in [0.4, 0.5) is 0 Å². The van der Waals surface area contributed by atoms with Gasteiger partial charge in [-0.1, -0.05) is 75.9 Å². The Morgan fingerprint density at radius 2 is 1.52 bits per heavy atom. The zero-order valence-corrected chi connectivity index (χ0v) is 18.6. The lowest BCUT2D eigenvalue weighted by molar-refractivity contribution is 0.414. The molecule has 2 heteroatoms. The zero-order valence-electron chi connectivity index (χ0n) is 16.2. The summed E-state index contributed by atoms with van der Waals surface area (Å²) < 4.78 is 1.23. The Labute approximate surface area is 175 Å². The van der Waals surface area contributed by atoms with Crippen molar-refractivity contribution in [2.75, 3.05) is 0 Å². The average Bonchev–Trinajstić information content (AvgIpc) is 3.25. The fourth-order valence-corrected chi connectivity index (χ4v) is 6.07.